The normalized spacial score (nSPS) is 10.1. The van der Waals surface area contributed by atoms with E-state index in [-0.39, 0.29) is 12.6 Å². The summed E-state index contributed by atoms with van der Waals surface area (Å²) >= 11 is 0. The molecule has 3 heteroatoms. The number of aliphatic hydroxyl groups excluding tert-OH is 1. The smallest absolute Gasteiger partial charge is 0.337 e. The van der Waals surface area contributed by atoms with E-state index < -0.39 is 0 Å². The van der Waals surface area contributed by atoms with Gasteiger partial charge in [0.1, 0.15) is 0 Å². The zero-order valence-electron chi connectivity index (χ0n) is 10.1. The second-order valence-electron chi connectivity index (χ2n) is 3.88. The van der Waals surface area contributed by atoms with Gasteiger partial charge in [0.15, 0.2) is 0 Å². The molecule has 2 aromatic carbocycles. The van der Waals surface area contributed by atoms with Crippen LogP contribution in [-0.4, -0.2) is 18.2 Å². The minimum absolute atomic E-state index is 0.00503. The van der Waals surface area contributed by atoms with Gasteiger partial charge in [-0.25, -0.2) is 4.79 Å². The standard InChI is InChI=1S/C15H14O3/c1-18-15(17)12-8-6-11(7-9-12)14-5-3-2-4-13(14)10-16/h2-9,16H,10H2,1H3. The quantitative estimate of drug-likeness (QED) is 0.841. The number of hydrogen-bond donors (Lipinski definition) is 1. The number of rotatable bonds is 3. The van der Waals surface area contributed by atoms with Gasteiger partial charge in [-0.2, -0.15) is 0 Å². The van der Waals surface area contributed by atoms with Crippen molar-refractivity contribution in [2.45, 2.75) is 6.61 Å². The molecule has 18 heavy (non-hydrogen) atoms. The highest BCUT2D eigenvalue weighted by molar-refractivity contribution is 5.90. The second kappa shape index (κ2) is 5.47. The second-order valence-corrected chi connectivity index (χ2v) is 3.88. The van der Waals surface area contributed by atoms with Gasteiger partial charge in [-0.1, -0.05) is 36.4 Å². The lowest BCUT2D eigenvalue weighted by Crippen LogP contribution is -2.00. The first-order valence-corrected chi connectivity index (χ1v) is 5.63. The monoisotopic (exact) mass is 242 g/mol. The molecule has 0 amide bonds. The summed E-state index contributed by atoms with van der Waals surface area (Å²) in [5.41, 5.74) is 3.31. The molecule has 0 aliphatic carbocycles. The summed E-state index contributed by atoms with van der Waals surface area (Å²) in [5, 5.41) is 9.29. The Morgan fingerprint density at radius 2 is 1.78 bits per heavy atom. The Kier molecular flexibility index (Phi) is 3.75. The number of methoxy groups -OCH3 is 1. The summed E-state index contributed by atoms with van der Waals surface area (Å²) in [6.45, 7) is -0.00503. The van der Waals surface area contributed by atoms with E-state index in [0.717, 1.165) is 16.7 Å². The number of ether oxygens (including phenoxy) is 1. The van der Waals surface area contributed by atoms with Crippen molar-refractivity contribution in [3.63, 3.8) is 0 Å². The van der Waals surface area contributed by atoms with Crippen LogP contribution in [-0.2, 0) is 11.3 Å². The number of esters is 1. The highest BCUT2D eigenvalue weighted by Gasteiger charge is 2.07. The van der Waals surface area contributed by atoms with Gasteiger partial charge in [0.05, 0.1) is 19.3 Å². The van der Waals surface area contributed by atoms with Crippen molar-refractivity contribution in [3.8, 4) is 11.1 Å². The third-order valence-corrected chi connectivity index (χ3v) is 2.80. The topological polar surface area (TPSA) is 46.5 Å². The van der Waals surface area contributed by atoms with E-state index in [4.69, 9.17) is 0 Å². The van der Waals surface area contributed by atoms with Gasteiger partial charge in [-0.3, -0.25) is 0 Å². The maximum absolute atomic E-state index is 11.3. The largest absolute Gasteiger partial charge is 0.465 e. The summed E-state index contributed by atoms with van der Waals surface area (Å²) in [4.78, 5) is 11.3. The van der Waals surface area contributed by atoms with Crippen LogP contribution in [0, 0.1) is 0 Å². The van der Waals surface area contributed by atoms with Crippen LogP contribution in [0.4, 0.5) is 0 Å². The number of hydrogen-bond acceptors (Lipinski definition) is 3. The molecule has 92 valence electrons. The van der Waals surface area contributed by atoms with Crippen LogP contribution in [0.5, 0.6) is 0 Å². The lowest BCUT2D eigenvalue weighted by molar-refractivity contribution is 0.0601. The van der Waals surface area contributed by atoms with Crippen LogP contribution in [0.3, 0.4) is 0 Å². The number of carbonyl (C=O) groups is 1. The van der Waals surface area contributed by atoms with Gasteiger partial charge in [0.2, 0.25) is 0 Å². The van der Waals surface area contributed by atoms with Crippen molar-refractivity contribution in [2.75, 3.05) is 7.11 Å². The summed E-state index contributed by atoms with van der Waals surface area (Å²) in [6, 6.07) is 14.8. The Balaban J connectivity index is 2.37. The first-order chi connectivity index (χ1) is 8.76. The van der Waals surface area contributed by atoms with E-state index in [2.05, 4.69) is 4.74 Å². The Morgan fingerprint density at radius 1 is 1.11 bits per heavy atom. The van der Waals surface area contributed by atoms with Crippen LogP contribution < -0.4 is 0 Å². The Labute approximate surface area is 106 Å². The molecule has 0 radical (unpaired) electrons. The molecule has 0 aliphatic rings. The molecule has 1 N–H and O–H groups in total. The maximum atomic E-state index is 11.3. The lowest BCUT2D eigenvalue weighted by Gasteiger charge is -2.07. The predicted molar refractivity (Wildman–Crippen MR) is 69.1 cm³/mol. The van der Waals surface area contributed by atoms with Crippen molar-refractivity contribution in [2.24, 2.45) is 0 Å². The van der Waals surface area contributed by atoms with Crippen LogP contribution >= 0.6 is 0 Å². The molecule has 0 heterocycles. The van der Waals surface area contributed by atoms with E-state index >= 15 is 0 Å². The average Bonchev–Trinajstić information content (AvgIpc) is 2.46. The molecular weight excluding hydrogens is 228 g/mol. The first-order valence-electron chi connectivity index (χ1n) is 5.63. The lowest BCUT2D eigenvalue weighted by atomic mass is 9.99. The van der Waals surface area contributed by atoms with Crippen LogP contribution in [0.25, 0.3) is 11.1 Å². The molecule has 3 nitrogen and oxygen atoms in total. The zero-order chi connectivity index (χ0) is 13.0. The van der Waals surface area contributed by atoms with Gasteiger partial charge >= 0.3 is 5.97 Å². The highest BCUT2D eigenvalue weighted by atomic mass is 16.5. The number of aliphatic hydroxyl groups is 1. The maximum Gasteiger partial charge on any atom is 0.337 e. The third-order valence-electron chi connectivity index (χ3n) is 2.80. The van der Waals surface area contributed by atoms with E-state index in [1.165, 1.54) is 7.11 Å². The van der Waals surface area contributed by atoms with E-state index in [0.29, 0.717) is 5.56 Å². The molecule has 0 bridgehead atoms. The predicted octanol–water partition coefficient (Wildman–Crippen LogP) is 2.63. The van der Waals surface area contributed by atoms with Crippen molar-refractivity contribution in [1.29, 1.82) is 0 Å². The van der Waals surface area contributed by atoms with Gasteiger partial charge in [0.25, 0.3) is 0 Å². The fourth-order valence-electron chi connectivity index (χ4n) is 1.84. The molecule has 0 fully saturated rings. The van der Waals surface area contributed by atoms with Gasteiger partial charge in [-0.05, 0) is 28.8 Å². The Bertz CT molecular complexity index is 544. The third kappa shape index (κ3) is 2.41. The molecule has 0 spiro atoms. The summed E-state index contributed by atoms with van der Waals surface area (Å²) in [5.74, 6) is -0.350. The van der Waals surface area contributed by atoms with E-state index in [1.807, 2.05) is 36.4 Å². The molecule has 0 aromatic heterocycles. The summed E-state index contributed by atoms with van der Waals surface area (Å²) in [7, 11) is 1.36. The SMILES string of the molecule is COC(=O)c1ccc(-c2ccccc2CO)cc1. The van der Waals surface area contributed by atoms with Crippen molar-refractivity contribution >= 4 is 5.97 Å². The highest BCUT2D eigenvalue weighted by Crippen LogP contribution is 2.24. The minimum atomic E-state index is -0.350. The molecule has 0 atom stereocenters. The van der Waals surface area contributed by atoms with Gasteiger partial charge < -0.3 is 9.84 Å². The van der Waals surface area contributed by atoms with E-state index in [1.54, 1.807) is 12.1 Å². The fraction of sp³-hybridized carbons (Fsp3) is 0.133. The first kappa shape index (κ1) is 12.3. The van der Waals surface area contributed by atoms with E-state index in [9.17, 15) is 9.90 Å². The van der Waals surface area contributed by atoms with Gasteiger partial charge in [0, 0.05) is 0 Å². The average molecular weight is 242 g/mol. The van der Waals surface area contributed by atoms with Gasteiger partial charge in [-0.15, -0.1) is 0 Å². The molecule has 0 aliphatic heterocycles. The Hall–Kier alpha value is -2.13. The van der Waals surface area contributed by atoms with Crippen molar-refractivity contribution < 1.29 is 14.6 Å². The fourth-order valence-corrected chi connectivity index (χ4v) is 1.84. The van der Waals surface area contributed by atoms with Crippen LogP contribution in [0.15, 0.2) is 48.5 Å². The zero-order valence-corrected chi connectivity index (χ0v) is 10.1. The molecule has 2 aromatic rings. The molecule has 0 unspecified atom stereocenters. The minimum Gasteiger partial charge on any atom is -0.465 e. The summed E-state index contributed by atoms with van der Waals surface area (Å²) in [6.07, 6.45) is 0. The number of carbonyl (C=O) groups excluding carboxylic acids is 1. The molecule has 2 rings (SSSR count). The molecule has 0 saturated carbocycles. The summed E-state index contributed by atoms with van der Waals surface area (Å²) < 4.78 is 4.65. The van der Waals surface area contributed by atoms with Crippen molar-refractivity contribution in [1.82, 2.24) is 0 Å². The molecular formula is C15H14O3. The Morgan fingerprint density at radius 3 is 2.39 bits per heavy atom. The number of benzene rings is 2. The van der Waals surface area contributed by atoms with Crippen molar-refractivity contribution in [3.05, 3.63) is 59.7 Å². The van der Waals surface area contributed by atoms with Crippen LogP contribution in [0.1, 0.15) is 15.9 Å². The molecule has 0 saturated heterocycles. The van der Waals surface area contributed by atoms with Crippen LogP contribution in [0.2, 0.25) is 0 Å².